The van der Waals surface area contributed by atoms with Gasteiger partial charge in [-0.1, -0.05) is 24.3 Å². The number of methoxy groups -OCH3 is 1. The minimum atomic E-state index is -3.06. The van der Waals surface area contributed by atoms with E-state index in [4.69, 9.17) is 4.74 Å². The molecule has 9 heteroatoms. The first kappa shape index (κ1) is 19.8. The number of carbonyl (C=O) groups excluding carboxylic acids is 3. The van der Waals surface area contributed by atoms with Gasteiger partial charge in [0.1, 0.15) is 5.75 Å². The number of para-hydroxylation sites is 2. The van der Waals surface area contributed by atoms with Gasteiger partial charge in [-0.2, -0.15) is 8.78 Å². The van der Waals surface area contributed by atoms with Crippen molar-refractivity contribution in [2.24, 2.45) is 0 Å². The molecule has 0 radical (unpaired) electrons. The fourth-order valence-corrected chi connectivity index (χ4v) is 2.11. The van der Waals surface area contributed by atoms with Crippen LogP contribution in [0.1, 0.15) is 20.7 Å². The summed E-state index contributed by atoms with van der Waals surface area (Å²) in [7, 11) is 1.16. The molecule has 0 saturated carbocycles. The molecule has 0 aliphatic rings. The topological polar surface area (TPSA) is 90.9 Å². The van der Waals surface area contributed by atoms with Crippen molar-refractivity contribution in [1.82, 2.24) is 0 Å². The molecule has 7 nitrogen and oxygen atoms in total. The molecule has 27 heavy (non-hydrogen) atoms. The van der Waals surface area contributed by atoms with Crippen molar-refractivity contribution in [2.45, 2.75) is 6.61 Å². The summed E-state index contributed by atoms with van der Waals surface area (Å²) in [4.78, 5) is 35.7. The maximum atomic E-state index is 12.4. The second-order valence-corrected chi connectivity index (χ2v) is 5.04. The first-order chi connectivity index (χ1) is 12.9. The van der Waals surface area contributed by atoms with E-state index in [1.54, 1.807) is 0 Å². The van der Waals surface area contributed by atoms with Crippen LogP contribution in [0.15, 0.2) is 48.5 Å². The maximum Gasteiger partial charge on any atom is 0.387 e. The summed E-state index contributed by atoms with van der Waals surface area (Å²) in [6.07, 6.45) is 0. The van der Waals surface area contributed by atoms with Crippen molar-refractivity contribution in [3.63, 3.8) is 0 Å². The molecule has 0 aliphatic heterocycles. The molecular weight excluding hydrogens is 364 g/mol. The summed E-state index contributed by atoms with van der Waals surface area (Å²) >= 11 is 0. The van der Waals surface area contributed by atoms with Gasteiger partial charge in [0.25, 0.3) is 5.91 Å². The highest BCUT2D eigenvalue weighted by Gasteiger charge is 2.19. The Labute approximate surface area is 152 Å². The van der Waals surface area contributed by atoms with Crippen LogP contribution in [0.4, 0.5) is 14.5 Å². The molecule has 0 unspecified atom stereocenters. The molecule has 142 valence electrons. The fourth-order valence-electron chi connectivity index (χ4n) is 2.11. The summed E-state index contributed by atoms with van der Waals surface area (Å²) in [6.45, 7) is -3.76. The molecule has 0 spiro atoms. The van der Waals surface area contributed by atoms with Gasteiger partial charge in [-0.15, -0.1) is 0 Å². The molecule has 0 aromatic heterocycles. The smallest absolute Gasteiger partial charge is 0.387 e. The third-order valence-electron chi connectivity index (χ3n) is 3.26. The monoisotopic (exact) mass is 379 g/mol. The fraction of sp³-hybridized carbons (Fsp3) is 0.167. The zero-order chi connectivity index (χ0) is 19.8. The van der Waals surface area contributed by atoms with E-state index < -0.39 is 31.1 Å². The summed E-state index contributed by atoms with van der Waals surface area (Å²) in [5, 5.41) is 2.31. The normalized spacial score (nSPS) is 10.2. The number of halogens is 2. The second-order valence-electron chi connectivity index (χ2n) is 5.04. The number of amides is 1. The van der Waals surface area contributed by atoms with E-state index in [2.05, 4.69) is 14.8 Å². The highest BCUT2D eigenvalue weighted by atomic mass is 19.3. The second kappa shape index (κ2) is 9.27. The van der Waals surface area contributed by atoms with Crippen LogP contribution in [0.25, 0.3) is 0 Å². The van der Waals surface area contributed by atoms with Crippen molar-refractivity contribution in [3.8, 4) is 5.75 Å². The summed E-state index contributed by atoms with van der Waals surface area (Å²) in [5.41, 5.74) is -0.0894. The predicted octanol–water partition coefficient (Wildman–Crippen LogP) is 2.87. The van der Waals surface area contributed by atoms with Crippen molar-refractivity contribution in [3.05, 3.63) is 59.7 Å². The molecule has 0 heterocycles. The number of anilines is 1. The number of benzene rings is 2. The Hall–Kier alpha value is -3.49. The Kier molecular flexibility index (Phi) is 6.81. The Morgan fingerprint density at radius 3 is 2.19 bits per heavy atom. The molecule has 2 rings (SSSR count). The Balaban J connectivity index is 2.01. The number of esters is 2. The van der Waals surface area contributed by atoms with Gasteiger partial charge in [0.15, 0.2) is 6.61 Å². The summed E-state index contributed by atoms with van der Waals surface area (Å²) in [5.74, 6) is -2.65. The minimum absolute atomic E-state index is 0.00573. The number of alkyl halides is 2. The molecule has 0 fully saturated rings. The van der Waals surface area contributed by atoms with Crippen LogP contribution in [0.2, 0.25) is 0 Å². The van der Waals surface area contributed by atoms with Gasteiger partial charge in [-0.3, -0.25) is 4.79 Å². The Morgan fingerprint density at radius 2 is 1.56 bits per heavy atom. The van der Waals surface area contributed by atoms with Crippen LogP contribution in [-0.2, 0) is 14.3 Å². The molecule has 1 N–H and O–H groups in total. The quantitative estimate of drug-likeness (QED) is 0.744. The molecule has 0 aliphatic carbocycles. The number of hydrogen-bond donors (Lipinski definition) is 1. The number of hydrogen-bond acceptors (Lipinski definition) is 6. The van der Waals surface area contributed by atoms with Gasteiger partial charge >= 0.3 is 18.6 Å². The van der Waals surface area contributed by atoms with E-state index in [9.17, 15) is 23.2 Å². The van der Waals surface area contributed by atoms with Crippen molar-refractivity contribution in [2.75, 3.05) is 19.0 Å². The lowest BCUT2D eigenvalue weighted by molar-refractivity contribution is -0.119. The van der Waals surface area contributed by atoms with E-state index in [0.717, 1.165) is 7.11 Å². The van der Waals surface area contributed by atoms with Gasteiger partial charge in [-0.25, -0.2) is 9.59 Å². The third-order valence-corrected chi connectivity index (χ3v) is 3.26. The number of carbonyl (C=O) groups is 3. The van der Waals surface area contributed by atoms with E-state index in [1.807, 2.05) is 0 Å². The van der Waals surface area contributed by atoms with E-state index >= 15 is 0 Å². The largest absolute Gasteiger partial charge is 0.465 e. The molecule has 2 aromatic rings. The molecule has 0 atom stereocenters. The SMILES string of the molecule is COC(=O)c1ccccc1C(=O)OCC(=O)Nc1ccccc1OC(F)F. The zero-order valence-electron chi connectivity index (χ0n) is 14.1. The maximum absolute atomic E-state index is 12.4. The van der Waals surface area contributed by atoms with Crippen molar-refractivity contribution in [1.29, 1.82) is 0 Å². The highest BCUT2D eigenvalue weighted by Crippen LogP contribution is 2.25. The van der Waals surface area contributed by atoms with Crippen LogP contribution in [0, 0.1) is 0 Å². The number of ether oxygens (including phenoxy) is 3. The van der Waals surface area contributed by atoms with E-state index in [0.29, 0.717) is 0 Å². The average molecular weight is 379 g/mol. The third kappa shape index (κ3) is 5.50. The predicted molar refractivity (Wildman–Crippen MR) is 89.8 cm³/mol. The molecule has 1 amide bonds. The summed E-state index contributed by atoms with van der Waals surface area (Å²) < 4.78 is 38.5. The van der Waals surface area contributed by atoms with Crippen LogP contribution < -0.4 is 10.1 Å². The van der Waals surface area contributed by atoms with Crippen LogP contribution in [0.3, 0.4) is 0 Å². The van der Waals surface area contributed by atoms with Crippen LogP contribution in [-0.4, -0.2) is 38.2 Å². The molecular formula is C18H15F2NO6. The van der Waals surface area contributed by atoms with Crippen LogP contribution >= 0.6 is 0 Å². The molecule has 0 bridgehead atoms. The van der Waals surface area contributed by atoms with Gasteiger partial charge < -0.3 is 19.5 Å². The first-order valence-corrected chi connectivity index (χ1v) is 7.60. The number of rotatable bonds is 7. The molecule has 2 aromatic carbocycles. The lowest BCUT2D eigenvalue weighted by atomic mass is 10.1. The lowest BCUT2D eigenvalue weighted by Crippen LogP contribution is -2.22. The minimum Gasteiger partial charge on any atom is -0.465 e. The van der Waals surface area contributed by atoms with Gasteiger partial charge in [0.2, 0.25) is 0 Å². The van der Waals surface area contributed by atoms with Crippen molar-refractivity contribution < 1.29 is 37.4 Å². The zero-order valence-corrected chi connectivity index (χ0v) is 14.1. The first-order valence-electron chi connectivity index (χ1n) is 7.60. The Bertz CT molecular complexity index is 840. The highest BCUT2D eigenvalue weighted by molar-refractivity contribution is 6.04. The van der Waals surface area contributed by atoms with Gasteiger partial charge in [0, 0.05) is 0 Å². The van der Waals surface area contributed by atoms with Crippen LogP contribution in [0.5, 0.6) is 5.75 Å². The van der Waals surface area contributed by atoms with E-state index in [-0.39, 0.29) is 22.6 Å². The standard InChI is InChI=1S/C18H15F2NO6/c1-25-16(23)11-6-2-3-7-12(11)17(24)26-10-15(22)21-13-8-4-5-9-14(13)27-18(19)20/h2-9,18H,10H2,1H3,(H,21,22). The number of nitrogens with one attached hydrogen (secondary N) is 1. The van der Waals surface area contributed by atoms with Crippen molar-refractivity contribution >= 4 is 23.5 Å². The van der Waals surface area contributed by atoms with E-state index in [1.165, 1.54) is 48.5 Å². The lowest BCUT2D eigenvalue weighted by Gasteiger charge is -2.12. The summed E-state index contributed by atoms with van der Waals surface area (Å²) in [6, 6.07) is 11.3. The Morgan fingerprint density at radius 1 is 0.963 bits per heavy atom. The van der Waals surface area contributed by atoms with Gasteiger partial charge in [-0.05, 0) is 24.3 Å². The van der Waals surface area contributed by atoms with Gasteiger partial charge in [0.05, 0.1) is 23.9 Å². The molecule has 0 saturated heterocycles. The average Bonchev–Trinajstić information content (AvgIpc) is 2.66.